The van der Waals surface area contributed by atoms with Crippen LogP contribution in [0.5, 0.6) is 0 Å². The Kier molecular flexibility index (Phi) is 53.9. The Morgan fingerprint density at radius 3 is 1.06 bits per heavy atom. The van der Waals surface area contributed by atoms with Gasteiger partial charge in [0.15, 0.2) is 6.29 Å². The minimum atomic E-state index is -1.12. The van der Waals surface area contributed by atoms with Gasteiger partial charge in [0.2, 0.25) is 0 Å². The third kappa shape index (κ3) is 93.4. The van der Waals surface area contributed by atoms with Gasteiger partial charge in [-0.1, -0.05) is 6.92 Å². The number of rotatable bonds is 5. The molecule has 17 heavy (non-hydrogen) atoms. The molecule has 0 atom stereocenters. The lowest BCUT2D eigenvalue weighted by molar-refractivity contribution is -0.0413. The van der Waals surface area contributed by atoms with Crippen molar-refractivity contribution in [2.24, 2.45) is 0 Å². The minimum absolute atomic E-state index is 0.125. The van der Waals surface area contributed by atoms with Crippen LogP contribution >= 0.6 is 0 Å². The molecule has 0 aliphatic heterocycles. The molecule has 0 aromatic rings. The molecule has 0 aromatic carbocycles. The minimum Gasteiger partial charge on any atom is -0.396 e. The van der Waals surface area contributed by atoms with Gasteiger partial charge in [0.1, 0.15) is 0 Å². The second-order valence-corrected chi connectivity index (χ2v) is 2.49. The molecule has 0 aliphatic rings. The summed E-state index contributed by atoms with van der Waals surface area (Å²) < 4.78 is 0. The zero-order valence-electron chi connectivity index (χ0n) is 10.6. The molecule has 0 spiro atoms. The molecule has 0 amide bonds. The highest BCUT2D eigenvalue weighted by Gasteiger charge is 1.83. The van der Waals surface area contributed by atoms with Crippen molar-refractivity contribution in [2.75, 3.05) is 26.4 Å². The highest BCUT2D eigenvalue weighted by molar-refractivity contribution is 4.30. The van der Waals surface area contributed by atoms with E-state index in [-0.39, 0.29) is 26.4 Å². The van der Waals surface area contributed by atoms with Gasteiger partial charge in [0, 0.05) is 13.2 Å². The van der Waals surface area contributed by atoms with Gasteiger partial charge >= 0.3 is 0 Å². The molecule has 108 valence electrons. The van der Waals surface area contributed by atoms with Crippen molar-refractivity contribution in [3.05, 3.63) is 13.2 Å². The topological polar surface area (TPSA) is 121 Å². The van der Waals surface area contributed by atoms with E-state index in [4.69, 9.17) is 30.6 Å². The average molecular weight is 256 g/mol. The molecule has 0 unspecified atom stereocenters. The van der Waals surface area contributed by atoms with Gasteiger partial charge < -0.3 is 30.6 Å². The fourth-order valence-electron chi connectivity index (χ4n) is 0.224. The van der Waals surface area contributed by atoms with E-state index in [9.17, 15) is 0 Å². The SMILES string of the molecule is C=C.CCC(O)O.OCCCCO.OCCO. The summed E-state index contributed by atoms with van der Waals surface area (Å²) in [4.78, 5) is 0. The third-order valence-corrected chi connectivity index (χ3v) is 1.03. The summed E-state index contributed by atoms with van der Waals surface area (Å²) in [6.45, 7) is 7.84. The Labute approximate surface area is 103 Å². The van der Waals surface area contributed by atoms with Crippen molar-refractivity contribution >= 4 is 0 Å². The monoisotopic (exact) mass is 256 g/mol. The van der Waals surface area contributed by atoms with Crippen LogP contribution < -0.4 is 0 Å². The van der Waals surface area contributed by atoms with Crippen LogP contribution in [0.25, 0.3) is 0 Å². The third-order valence-electron chi connectivity index (χ3n) is 1.03. The highest BCUT2D eigenvalue weighted by Crippen LogP contribution is 1.80. The van der Waals surface area contributed by atoms with Gasteiger partial charge in [-0.3, -0.25) is 0 Å². The summed E-state index contributed by atoms with van der Waals surface area (Å²) in [5.74, 6) is 0. The van der Waals surface area contributed by atoms with E-state index in [1.807, 2.05) is 0 Å². The number of unbranched alkanes of at least 4 members (excludes halogenated alkanes) is 1. The summed E-state index contributed by atoms with van der Waals surface area (Å²) in [6.07, 6.45) is 0.738. The first-order valence-corrected chi connectivity index (χ1v) is 5.40. The molecular formula is C11H28O6. The van der Waals surface area contributed by atoms with Gasteiger partial charge in [-0.2, -0.15) is 0 Å². The Hall–Kier alpha value is -0.500. The van der Waals surface area contributed by atoms with E-state index in [1.54, 1.807) is 6.92 Å². The lowest BCUT2D eigenvalue weighted by Crippen LogP contribution is -1.99. The van der Waals surface area contributed by atoms with Crippen molar-refractivity contribution in [1.82, 2.24) is 0 Å². The molecule has 0 fully saturated rings. The molecule has 0 saturated heterocycles. The summed E-state index contributed by atoms with van der Waals surface area (Å²) in [5.41, 5.74) is 0. The molecule has 0 saturated carbocycles. The van der Waals surface area contributed by atoms with Gasteiger partial charge in [0.25, 0.3) is 0 Å². The Morgan fingerprint density at radius 1 is 0.765 bits per heavy atom. The Balaban J connectivity index is -0.0000000705. The van der Waals surface area contributed by atoms with Crippen LogP contribution in [0.4, 0.5) is 0 Å². The lowest BCUT2D eigenvalue weighted by atomic mass is 10.3. The number of hydrogen-bond donors (Lipinski definition) is 6. The van der Waals surface area contributed by atoms with Crippen molar-refractivity contribution < 1.29 is 30.6 Å². The van der Waals surface area contributed by atoms with E-state index in [0.717, 1.165) is 12.8 Å². The molecule has 0 rings (SSSR count). The van der Waals surface area contributed by atoms with Crippen molar-refractivity contribution in [2.45, 2.75) is 32.5 Å². The molecular weight excluding hydrogens is 228 g/mol. The molecule has 6 heteroatoms. The standard InChI is InChI=1S/C4H10O2.C3H8O2.C2H6O2.C2H4/c5-3-1-2-4-6;1-2-3(4)5;3-1-2-4;1-2/h5-6H,1-4H2;3-5H,2H2,1H3;3-4H,1-2H2;1-2H2. The van der Waals surface area contributed by atoms with E-state index >= 15 is 0 Å². The second kappa shape index (κ2) is 36.1. The average Bonchev–Trinajstić information content (AvgIpc) is 2.39. The summed E-state index contributed by atoms with van der Waals surface area (Å²) >= 11 is 0. The largest absolute Gasteiger partial charge is 0.396 e. The van der Waals surface area contributed by atoms with Crippen molar-refractivity contribution in [1.29, 1.82) is 0 Å². The zero-order chi connectivity index (χ0) is 14.5. The molecule has 0 aromatic heterocycles. The van der Waals surface area contributed by atoms with E-state index in [0.29, 0.717) is 6.42 Å². The van der Waals surface area contributed by atoms with Crippen LogP contribution in [0, 0.1) is 0 Å². The normalized spacial score (nSPS) is 8.00. The molecule has 0 bridgehead atoms. The van der Waals surface area contributed by atoms with Crippen LogP contribution in [0.2, 0.25) is 0 Å². The molecule has 0 radical (unpaired) electrons. The molecule has 6 N–H and O–H groups in total. The fraction of sp³-hybridized carbons (Fsp3) is 0.818. The fourth-order valence-corrected chi connectivity index (χ4v) is 0.224. The van der Waals surface area contributed by atoms with Crippen LogP contribution in [0.15, 0.2) is 13.2 Å². The quantitative estimate of drug-likeness (QED) is 0.218. The maximum absolute atomic E-state index is 8.09. The predicted octanol–water partition coefficient (Wildman–Crippen LogP) is -0.769. The van der Waals surface area contributed by atoms with Crippen LogP contribution in [0.1, 0.15) is 26.2 Å². The summed E-state index contributed by atoms with van der Waals surface area (Å²) in [7, 11) is 0. The first kappa shape index (κ1) is 25.4. The van der Waals surface area contributed by atoms with Gasteiger partial charge in [0.05, 0.1) is 13.2 Å². The predicted molar refractivity (Wildman–Crippen MR) is 67.3 cm³/mol. The summed E-state index contributed by atoms with van der Waals surface area (Å²) in [6, 6.07) is 0. The smallest absolute Gasteiger partial charge is 0.151 e. The van der Waals surface area contributed by atoms with Crippen molar-refractivity contribution in [3.8, 4) is 0 Å². The highest BCUT2D eigenvalue weighted by atomic mass is 16.5. The Morgan fingerprint density at radius 2 is 1.00 bits per heavy atom. The number of aliphatic hydroxyl groups is 6. The Bertz CT molecular complexity index is 84.0. The maximum Gasteiger partial charge on any atom is 0.151 e. The van der Waals surface area contributed by atoms with Gasteiger partial charge in [-0.25, -0.2) is 0 Å². The van der Waals surface area contributed by atoms with Gasteiger partial charge in [-0.15, -0.1) is 13.2 Å². The zero-order valence-corrected chi connectivity index (χ0v) is 10.6. The van der Waals surface area contributed by atoms with Crippen molar-refractivity contribution in [3.63, 3.8) is 0 Å². The van der Waals surface area contributed by atoms with Crippen LogP contribution in [-0.2, 0) is 0 Å². The summed E-state index contributed by atoms with van der Waals surface area (Å²) in [5, 5.41) is 47.3. The number of aliphatic hydroxyl groups excluding tert-OH is 5. The lowest BCUT2D eigenvalue weighted by Gasteiger charge is -1.90. The molecule has 6 nitrogen and oxygen atoms in total. The van der Waals surface area contributed by atoms with Crippen LogP contribution in [0.3, 0.4) is 0 Å². The number of hydrogen-bond acceptors (Lipinski definition) is 6. The van der Waals surface area contributed by atoms with Gasteiger partial charge in [-0.05, 0) is 19.3 Å². The second-order valence-electron chi connectivity index (χ2n) is 2.49. The van der Waals surface area contributed by atoms with Crippen LogP contribution in [-0.4, -0.2) is 63.4 Å². The first-order valence-electron chi connectivity index (χ1n) is 5.40. The van der Waals surface area contributed by atoms with E-state index < -0.39 is 6.29 Å². The van der Waals surface area contributed by atoms with E-state index in [1.165, 1.54) is 0 Å². The van der Waals surface area contributed by atoms with E-state index in [2.05, 4.69) is 13.2 Å². The molecule has 0 aliphatic carbocycles. The first-order chi connectivity index (χ1) is 8.10. The molecule has 0 heterocycles. The maximum atomic E-state index is 8.09.